The van der Waals surface area contributed by atoms with E-state index < -0.39 is 0 Å². The molecular formula is C25H29N3O. The van der Waals surface area contributed by atoms with Gasteiger partial charge in [0.15, 0.2) is 0 Å². The fraction of sp³-hybridized carbons (Fsp3) is 0.400. The average molecular weight is 388 g/mol. The summed E-state index contributed by atoms with van der Waals surface area (Å²) in [5.74, 6) is 1.05. The van der Waals surface area contributed by atoms with Crippen LogP contribution in [0.1, 0.15) is 41.5 Å². The lowest BCUT2D eigenvalue weighted by Crippen LogP contribution is -2.35. The maximum absolute atomic E-state index is 6.81. The molecule has 3 heterocycles. The Morgan fingerprint density at radius 2 is 1.76 bits per heavy atom. The van der Waals surface area contributed by atoms with Gasteiger partial charge in [-0.1, -0.05) is 48.5 Å². The Kier molecular flexibility index (Phi) is 4.98. The number of fused-ring (bicyclic) bond motifs is 2. The predicted molar refractivity (Wildman–Crippen MR) is 116 cm³/mol. The van der Waals surface area contributed by atoms with Gasteiger partial charge in [0.25, 0.3) is 0 Å². The van der Waals surface area contributed by atoms with Gasteiger partial charge in [0.2, 0.25) is 0 Å². The van der Waals surface area contributed by atoms with E-state index in [0.717, 1.165) is 56.0 Å². The Hall–Kier alpha value is -2.43. The maximum Gasteiger partial charge on any atom is 0.143 e. The first kappa shape index (κ1) is 18.6. The molecule has 0 bridgehead atoms. The number of nitrogens with zero attached hydrogens (tertiary/aromatic N) is 3. The minimum Gasteiger partial charge on any atom is -0.362 e. The summed E-state index contributed by atoms with van der Waals surface area (Å²) in [6.07, 6.45) is 5.58. The Morgan fingerprint density at radius 1 is 0.966 bits per heavy atom. The molecule has 0 spiro atoms. The molecule has 2 aromatic carbocycles. The first-order chi connectivity index (χ1) is 14.2. The number of imidazole rings is 1. The van der Waals surface area contributed by atoms with Gasteiger partial charge in [-0.15, -0.1) is 0 Å². The molecule has 1 aromatic heterocycles. The van der Waals surface area contributed by atoms with E-state index in [1.54, 1.807) is 0 Å². The van der Waals surface area contributed by atoms with Gasteiger partial charge in [-0.25, -0.2) is 4.98 Å². The molecule has 0 radical (unpaired) electrons. The fourth-order valence-electron chi connectivity index (χ4n) is 4.70. The van der Waals surface area contributed by atoms with Crippen molar-refractivity contribution in [3.05, 3.63) is 77.2 Å². The Morgan fingerprint density at radius 3 is 2.55 bits per heavy atom. The summed E-state index contributed by atoms with van der Waals surface area (Å²) in [7, 11) is 2.19. The van der Waals surface area contributed by atoms with E-state index in [1.807, 2.05) is 0 Å². The molecule has 3 aromatic rings. The van der Waals surface area contributed by atoms with E-state index in [2.05, 4.69) is 78.2 Å². The second-order valence-corrected chi connectivity index (χ2v) is 8.46. The van der Waals surface area contributed by atoms with E-state index in [9.17, 15) is 0 Å². The molecule has 29 heavy (non-hydrogen) atoms. The predicted octanol–water partition coefficient (Wildman–Crippen LogP) is 4.61. The quantitative estimate of drug-likeness (QED) is 0.657. The second-order valence-electron chi connectivity index (χ2n) is 8.46. The lowest BCUT2D eigenvalue weighted by Gasteiger charge is -2.32. The number of rotatable bonds is 3. The third kappa shape index (κ3) is 3.63. The summed E-state index contributed by atoms with van der Waals surface area (Å²) >= 11 is 0. The lowest BCUT2D eigenvalue weighted by molar-refractivity contribution is -0.0275. The molecule has 5 rings (SSSR count). The van der Waals surface area contributed by atoms with E-state index in [1.165, 1.54) is 16.7 Å². The summed E-state index contributed by atoms with van der Waals surface area (Å²) in [5, 5.41) is 0. The number of aryl methyl sites for hydroxylation is 2. The highest BCUT2D eigenvalue weighted by Gasteiger charge is 2.31. The van der Waals surface area contributed by atoms with Crippen molar-refractivity contribution in [2.24, 2.45) is 0 Å². The molecule has 0 amide bonds. The number of hydrogen-bond donors (Lipinski definition) is 0. The van der Waals surface area contributed by atoms with Crippen LogP contribution in [-0.4, -0.2) is 40.7 Å². The van der Waals surface area contributed by atoms with Crippen molar-refractivity contribution in [3.8, 4) is 11.3 Å². The molecule has 2 aliphatic heterocycles. The Labute approximate surface area is 173 Å². The van der Waals surface area contributed by atoms with Crippen molar-refractivity contribution in [1.29, 1.82) is 0 Å². The van der Waals surface area contributed by atoms with Crippen molar-refractivity contribution in [2.75, 3.05) is 20.1 Å². The summed E-state index contributed by atoms with van der Waals surface area (Å²) in [4.78, 5) is 7.49. The molecule has 1 atom stereocenters. The van der Waals surface area contributed by atoms with E-state index in [0.29, 0.717) is 0 Å². The maximum atomic E-state index is 6.81. The molecule has 0 aliphatic carbocycles. The lowest BCUT2D eigenvalue weighted by atomic mass is 9.95. The molecule has 1 saturated heterocycles. The van der Waals surface area contributed by atoms with Gasteiger partial charge in [0.1, 0.15) is 11.9 Å². The van der Waals surface area contributed by atoms with Gasteiger partial charge in [-0.2, -0.15) is 0 Å². The van der Waals surface area contributed by atoms with Crippen molar-refractivity contribution in [2.45, 2.75) is 44.9 Å². The van der Waals surface area contributed by atoms with Crippen molar-refractivity contribution in [1.82, 2.24) is 14.5 Å². The number of likely N-dealkylation sites (tertiary alicyclic amines) is 1. The van der Waals surface area contributed by atoms with Crippen LogP contribution in [0.5, 0.6) is 0 Å². The summed E-state index contributed by atoms with van der Waals surface area (Å²) in [6, 6.07) is 17.1. The minimum atomic E-state index is -0.0988. The zero-order valence-electron chi connectivity index (χ0n) is 17.3. The van der Waals surface area contributed by atoms with Crippen molar-refractivity contribution >= 4 is 0 Å². The van der Waals surface area contributed by atoms with Crippen LogP contribution in [-0.2, 0) is 17.7 Å². The molecule has 4 nitrogen and oxygen atoms in total. The Balaban J connectivity index is 1.55. The van der Waals surface area contributed by atoms with Crippen LogP contribution < -0.4 is 0 Å². The minimum absolute atomic E-state index is 0.0988. The van der Waals surface area contributed by atoms with Crippen LogP contribution in [0, 0.1) is 6.92 Å². The van der Waals surface area contributed by atoms with E-state index >= 15 is 0 Å². The van der Waals surface area contributed by atoms with E-state index in [4.69, 9.17) is 9.72 Å². The standard InChI is InChI=1S/C25H29N3O/c1-18-7-6-10-22-21(18)13-16-28-17-23(19-8-4-3-5-9-19)26-25(28)24(22)29-20-11-14-27(2)15-12-20/h3-10,17,20,24H,11-16H2,1-2H3. The van der Waals surface area contributed by atoms with Gasteiger partial charge >= 0.3 is 0 Å². The zero-order valence-corrected chi connectivity index (χ0v) is 17.3. The van der Waals surface area contributed by atoms with Gasteiger partial charge in [-0.05, 0) is 49.9 Å². The normalized spacial score (nSPS) is 20.1. The number of ether oxygens (including phenoxy) is 1. The number of benzene rings is 2. The molecule has 2 aliphatic rings. The van der Waals surface area contributed by atoms with Crippen LogP contribution in [0.25, 0.3) is 11.3 Å². The highest BCUT2D eigenvalue weighted by Crippen LogP contribution is 2.36. The van der Waals surface area contributed by atoms with Crippen LogP contribution in [0.2, 0.25) is 0 Å². The Bertz CT molecular complexity index is 987. The fourth-order valence-corrected chi connectivity index (χ4v) is 4.70. The van der Waals surface area contributed by atoms with Gasteiger partial charge in [0, 0.05) is 31.4 Å². The molecule has 1 unspecified atom stereocenters. The summed E-state index contributed by atoms with van der Waals surface area (Å²) in [6.45, 7) is 5.36. The first-order valence-corrected chi connectivity index (χ1v) is 10.7. The SMILES string of the molecule is Cc1cccc2c1CCn1cc(-c3ccccc3)nc1C2OC1CCN(C)CC1. The van der Waals surface area contributed by atoms with Crippen molar-refractivity contribution in [3.63, 3.8) is 0 Å². The van der Waals surface area contributed by atoms with Crippen LogP contribution in [0.15, 0.2) is 54.7 Å². The van der Waals surface area contributed by atoms with Gasteiger partial charge in [-0.3, -0.25) is 0 Å². The highest BCUT2D eigenvalue weighted by molar-refractivity contribution is 5.59. The molecule has 150 valence electrons. The average Bonchev–Trinajstić information content (AvgIpc) is 3.11. The summed E-state index contributed by atoms with van der Waals surface area (Å²) < 4.78 is 9.13. The molecule has 4 heteroatoms. The number of hydrogen-bond acceptors (Lipinski definition) is 3. The number of aromatic nitrogens is 2. The van der Waals surface area contributed by atoms with Crippen molar-refractivity contribution < 1.29 is 4.74 Å². The van der Waals surface area contributed by atoms with Crippen LogP contribution in [0.4, 0.5) is 0 Å². The van der Waals surface area contributed by atoms with Crippen LogP contribution in [0.3, 0.4) is 0 Å². The van der Waals surface area contributed by atoms with Gasteiger partial charge in [0.05, 0.1) is 11.8 Å². The largest absolute Gasteiger partial charge is 0.362 e. The first-order valence-electron chi connectivity index (χ1n) is 10.7. The topological polar surface area (TPSA) is 30.3 Å². The highest BCUT2D eigenvalue weighted by atomic mass is 16.5. The smallest absolute Gasteiger partial charge is 0.143 e. The second kappa shape index (κ2) is 7.77. The summed E-state index contributed by atoms with van der Waals surface area (Å²) in [5.41, 5.74) is 6.28. The third-order valence-electron chi connectivity index (χ3n) is 6.44. The van der Waals surface area contributed by atoms with Gasteiger partial charge < -0.3 is 14.2 Å². The number of piperidine rings is 1. The van der Waals surface area contributed by atoms with Crippen LogP contribution >= 0.6 is 0 Å². The zero-order chi connectivity index (χ0) is 19.8. The molecule has 0 N–H and O–H groups in total. The monoisotopic (exact) mass is 387 g/mol. The molecule has 0 saturated carbocycles. The third-order valence-corrected chi connectivity index (χ3v) is 6.44. The molecular weight excluding hydrogens is 358 g/mol. The van der Waals surface area contributed by atoms with E-state index in [-0.39, 0.29) is 12.2 Å². The molecule has 1 fully saturated rings.